The van der Waals surface area contributed by atoms with E-state index in [2.05, 4.69) is 15.6 Å². The fourth-order valence-electron chi connectivity index (χ4n) is 3.29. The molecule has 30 heavy (non-hydrogen) atoms. The highest BCUT2D eigenvalue weighted by atomic mass is 32.1. The summed E-state index contributed by atoms with van der Waals surface area (Å²) in [6, 6.07) is 5.56. The number of hydrogen-bond donors (Lipinski definition) is 3. The summed E-state index contributed by atoms with van der Waals surface area (Å²) in [4.78, 5) is 28.7. The summed E-state index contributed by atoms with van der Waals surface area (Å²) in [7, 11) is 0. The second-order valence-electron chi connectivity index (χ2n) is 8.20. The summed E-state index contributed by atoms with van der Waals surface area (Å²) >= 11 is 1.27. The number of carboxylic acids is 1. The Kier molecular flexibility index (Phi) is 6.17. The number of aromatic carboxylic acids is 1. The smallest absolute Gasteiger partial charge is 0.407 e. The molecular weight excluding hydrogens is 402 g/mol. The maximum Gasteiger partial charge on any atom is 0.407 e. The number of amides is 1. The number of nitrogens with zero attached hydrogens (tertiary/aromatic N) is 1. The van der Waals surface area contributed by atoms with E-state index in [1.807, 2.05) is 32.0 Å². The lowest BCUT2D eigenvalue weighted by Crippen LogP contribution is -2.40. The van der Waals surface area contributed by atoms with Gasteiger partial charge in [-0.05, 0) is 51.8 Å². The highest BCUT2D eigenvalue weighted by Crippen LogP contribution is 2.42. The molecule has 8 heteroatoms. The topological polar surface area (TPSA) is 101 Å². The van der Waals surface area contributed by atoms with Crippen LogP contribution in [0.1, 0.15) is 49.9 Å². The molecule has 0 aliphatic carbocycles. The molecule has 0 aliphatic heterocycles. The van der Waals surface area contributed by atoms with E-state index in [0.29, 0.717) is 12.2 Å². The average molecular weight is 430 g/mol. The number of benzene rings is 1. The summed E-state index contributed by atoms with van der Waals surface area (Å²) in [6.45, 7) is 9.64. The molecule has 1 unspecified atom stereocenters. The molecule has 0 aliphatic rings. The summed E-state index contributed by atoms with van der Waals surface area (Å²) < 4.78 is 6.24. The molecule has 1 amide bonds. The van der Waals surface area contributed by atoms with Gasteiger partial charge in [0.2, 0.25) is 0 Å². The minimum atomic E-state index is -0.981. The summed E-state index contributed by atoms with van der Waals surface area (Å²) in [5.74, 6) is -0.981. The number of carboxylic acid groups (broad SMARTS) is 1. The SMILES string of the molecule is CCc1cc2ncccc2c2c(NCC(C)NC(=O)OC(C)(C)C)c(C(=O)O)sc12. The zero-order valence-corrected chi connectivity index (χ0v) is 18.6. The molecule has 0 bridgehead atoms. The molecule has 7 nitrogen and oxygen atoms in total. The van der Waals surface area contributed by atoms with Crippen molar-refractivity contribution >= 4 is 50.1 Å². The van der Waals surface area contributed by atoms with Crippen molar-refractivity contribution in [1.29, 1.82) is 0 Å². The molecule has 3 rings (SSSR count). The quantitative estimate of drug-likeness (QED) is 0.508. The second kappa shape index (κ2) is 8.47. The molecule has 0 fully saturated rings. The molecule has 3 aromatic rings. The van der Waals surface area contributed by atoms with Gasteiger partial charge in [-0.15, -0.1) is 11.3 Å². The monoisotopic (exact) mass is 429 g/mol. The van der Waals surface area contributed by atoms with E-state index in [9.17, 15) is 14.7 Å². The van der Waals surface area contributed by atoms with Gasteiger partial charge in [-0.1, -0.05) is 13.0 Å². The number of carbonyl (C=O) groups is 2. The van der Waals surface area contributed by atoms with Crippen LogP contribution in [0.25, 0.3) is 21.0 Å². The van der Waals surface area contributed by atoms with Gasteiger partial charge in [0.1, 0.15) is 10.5 Å². The number of fused-ring (bicyclic) bond motifs is 3. The van der Waals surface area contributed by atoms with Gasteiger partial charge in [-0.25, -0.2) is 9.59 Å². The van der Waals surface area contributed by atoms with Gasteiger partial charge in [0.05, 0.1) is 11.2 Å². The zero-order valence-electron chi connectivity index (χ0n) is 17.8. The predicted octanol–water partition coefficient (Wildman–Crippen LogP) is 5.04. The van der Waals surface area contributed by atoms with Gasteiger partial charge < -0.3 is 20.5 Å². The maximum absolute atomic E-state index is 12.0. The molecule has 0 radical (unpaired) electrons. The van der Waals surface area contributed by atoms with E-state index in [-0.39, 0.29) is 10.9 Å². The first kappa shape index (κ1) is 21.8. The molecule has 2 aromatic heterocycles. The molecule has 1 aromatic carbocycles. The number of aromatic nitrogens is 1. The molecule has 0 spiro atoms. The largest absolute Gasteiger partial charge is 0.477 e. The number of ether oxygens (including phenoxy) is 1. The van der Waals surface area contributed by atoms with Crippen LogP contribution >= 0.6 is 11.3 Å². The van der Waals surface area contributed by atoms with E-state index < -0.39 is 17.7 Å². The number of pyridine rings is 1. The van der Waals surface area contributed by atoms with Gasteiger partial charge in [0.25, 0.3) is 0 Å². The summed E-state index contributed by atoms with van der Waals surface area (Å²) in [6.07, 6.45) is 2.00. The standard InChI is InChI=1S/C22H27N3O4S/c1-6-13-10-15-14(8-7-9-23-15)16-17(19(20(26)27)30-18(13)16)24-11-12(2)25-21(28)29-22(3,4)5/h7-10,12,24H,6,11H2,1-5H3,(H,25,28)(H,26,27). The van der Waals surface area contributed by atoms with E-state index in [1.165, 1.54) is 11.3 Å². The van der Waals surface area contributed by atoms with Crippen LogP contribution in [0.5, 0.6) is 0 Å². The van der Waals surface area contributed by atoms with Crippen LogP contribution in [0.2, 0.25) is 0 Å². The van der Waals surface area contributed by atoms with Crippen LogP contribution in [0.4, 0.5) is 10.5 Å². The molecular formula is C22H27N3O4S. The Morgan fingerprint density at radius 2 is 2.07 bits per heavy atom. The number of alkyl carbamates (subject to hydrolysis) is 1. The summed E-state index contributed by atoms with van der Waals surface area (Å²) in [5, 5.41) is 17.6. The third-order valence-electron chi connectivity index (χ3n) is 4.54. The number of anilines is 1. The number of nitrogens with one attached hydrogen (secondary N) is 2. The van der Waals surface area contributed by atoms with Crippen LogP contribution in [-0.2, 0) is 11.2 Å². The van der Waals surface area contributed by atoms with Crippen molar-refractivity contribution in [2.24, 2.45) is 0 Å². The van der Waals surface area contributed by atoms with E-state index in [1.54, 1.807) is 27.0 Å². The Morgan fingerprint density at radius 1 is 1.33 bits per heavy atom. The molecule has 3 N–H and O–H groups in total. The van der Waals surface area contributed by atoms with E-state index in [0.717, 1.165) is 33.0 Å². The molecule has 2 heterocycles. The predicted molar refractivity (Wildman–Crippen MR) is 121 cm³/mol. The Balaban J connectivity index is 1.96. The Bertz CT molecular complexity index is 1100. The van der Waals surface area contributed by atoms with E-state index in [4.69, 9.17) is 4.74 Å². The Morgan fingerprint density at radius 3 is 2.70 bits per heavy atom. The lowest BCUT2D eigenvalue weighted by atomic mass is 10.0. The summed E-state index contributed by atoms with van der Waals surface area (Å²) in [5.41, 5.74) is 1.88. The van der Waals surface area contributed by atoms with Gasteiger partial charge in [0.15, 0.2) is 0 Å². The fourth-order valence-corrected chi connectivity index (χ4v) is 4.50. The highest BCUT2D eigenvalue weighted by Gasteiger charge is 2.23. The van der Waals surface area contributed by atoms with Gasteiger partial charge >= 0.3 is 12.1 Å². The van der Waals surface area contributed by atoms with E-state index >= 15 is 0 Å². The molecule has 1 atom stereocenters. The normalized spacial score (nSPS) is 12.7. The minimum Gasteiger partial charge on any atom is -0.477 e. The molecule has 160 valence electrons. The third-order valence-corrected chi connectivity index (χ3v) is 5.80. The van der Waals surface area contributed by atoms with Crippen LogP contribution < -0.4 is 10.6 Å². The number of rotatable bonds is 6. The number of hydrogen-bond acceptors (Lipinski definition) is 6. The van der Waals surface area contributed by atoms with Gasteiger partial charge in [-0.2, -0.15) is 0 Å². The number of aryl methyl sites for hydroxylation is 1. The first-order valence-corrected chi connectivity index (χ1v) is 10.7. The van der Waals surface area contributed by atoms with Crippen LogP contribution in [0.3, 0.4) is 0 Å². The lowest BCUT2D eigenvalue weighted by molar-refractivity contribution is 0.0510. The molecule has 0 saturated carbocycles. The number of thiophene rings is 1. The third kappa shape index (κ3) is 4.64. The van der Waals surface area contributed by atoms with Crippen LogP contribution in [-0.4, -0.2) is 40.3 Å². The van der Waals surface area contributed by atoms with Gasteiger partial charge in [-0.3, -0.25) is 4.98 Å². The fraction of sp³-hybridized carbons (Fsp3) is 0.409. The van der Waals surface area contributed by atoms with Crippen molar-refractivity contribution in [3.05, 3.63) is 34.8 Å². The van der Waals surface area contributed by atoms with Crippen molar-refractivity contribution in [2.45, 2.75) is 52.7 Å². The lowest BCUT2D eigenvalue weighted by Gasteiger charge is -2.22. The van der Waals surface area contributed by atoms with Crippen molar-refractivity contribution < 1.29 is 19.4 Å². The van der Waals surface area contributed by atoms with Crippen LogP contribution in [0.15, 0.2) is 24.4 Å². The van der Waals surface area contributed by atoms with Crippen molar-refractivity contribution in [3.8, 4) is 0 Å². The Hall–Kier alpha value is -2.87. The van der Waals surface area contributed by atoms with Crippen molar-refractivity contribution in [1.82, 2.24) is 10.3 Å². The highest BCUT2D eigenvalue weighted by molar-refractivity contribution is 7.22. The first-order valence-electron chi connectivity index (χ1n) is 9.90. The van der Waals surface area contributed by atoms with Crippen molar-refractivity contribution in [2.75, 3.05) is 11.9 Å². The zero-order chi connectivity index (χ0) is 22.1. The maximum atomic E-state index is 12.0. The minimum absolute atomic E-state index is 0.250. The number of carbonyl (C=O) groups excluding carboxylic acids is 1. The van der Waals surface area contributed by atoms with Crippen molar-refractivity contribution in [3.63, 3.8) is 0 Å². The van der Waals surface area contributed by atoms with Gasteiger partial charge in [0, 0.05) is 34.3 Å². The Labute approximate surface area is 179 Å². The second-order valence-corrected chi connectivity index (χ2v) is 9.22. The average Bonchev–Trinajstić information content (AvgIpc) is 3.04. The molecule has 0 saturated heterocycles. The first-order chi connectivity index (χ1) is 14.1. The van der Waals surface area contributed by atoms with Crippen LogP contribution in [0, 0.1) is 0 Å².